The predicted molar refractivity (Wildman–Crippen MR) is 76.0 cm³/mol. The number of nitrogens with two attached hydrogens (primary N) is 1. The first-order valence-electron chi connectivity index (χ1n) is 5.79. The molecule has 0 saturated carbocycles. The van der Waals surface area contributed by atoms with Crippen molar-refractivity contribution in [2.75, 3.05) is 5.73 Å². The molecule has 19 heavy (non-hydrogen) atoms. The molecule has 0 aliphatic carbocycles. The SMILES string of the molecule is C=Cc1ccc(C(=O)C(=O)c2ccccc2)c(N)c1. The summed E-state index contributed by atoms with van der Waals surface area (Å²) in [6, 6.07) is 13.3. The summed E-state index contributed by atoms with van der Waals surface area (Å²) in [7, 11) is 0. The highest BCUT2D eigenvalue weighted by molar-refractivity contribution is 6.50. The van der Waals surface area contributed by atoms with Crippen molar-refractivity contribution in [1.82, 2.24) is 0 Å². The zero-order chi connectivity index (χ0) is 13.8. The lowest BCUT2D eigenvalue weighted by Crippen LogP contribution is -2.16. The number of benzene rings is 2. The Hall–Kier alpha value is -2.68. The fourth-order valence-corrected chi connectivity index (χ4v) is 1.76. The van der Waals surface area contributed by atoms with Gasteiger partial charge in [0.2, 0.25) is 11.6 Å². The Morgan fingerprint density at radius 3 is 2.26 bits per heavy atom. The van der Waals surface area contributed by atoms with Crippen LogP contribution < -0.4 is 5.73 Å². The molecule has 0 bridgehead atoms. The molecule has 2 rings (SSSR count). The van der Waals surface area contributed by atoms with Gasteiger partial charge in [-0.2, -0.15) is 0 Å². The largest absolute Gasteiger partial charge is 0.398 e. The van der Waals surface area contributed by atoms with Gasteiger partial charge in [-0.1, -0.05) is 49.1 Å². The fourth-order valence-electron chi connectivity index (χ4n) is 1.76. The van der Waals surface area contributed by atoms with Gasteiger partial charge in [-0.25, -0.2) is 0 Å². The standard InChI is InChI=1S/C16H13NO2/c1-2-11-8-9-13(14(17)10-11)16(19)15(18)12-6-4-3-5-7-12/h2-10H,1,17H2. The third-order valence-corrected chi connectivity index (χ3v) is 2.80. The Kier molecular flexibility index (Phi) is 3.57. The molecular formula is C16H13NO2. The van der Waals surface area contributed by atoms with Gasteiger partial charge in [0, 0.05) is 16.8 Å². The number of nitrogen functional groups attached to an aromatic ring is 1. The summed E-state index contributed by atoms with van der Waals surface area (Å²) in [4.78, 5) is 24.1. The van der Waals surface area contributed by atoms with Crippen molar-refractivity contribution in [3.63, 3.8) is 0 Å². The molecule has 0 atom stereocenters. The fraction of sp³-hybridized carbons (Fsp3) is 0. The van der Waals surface area contributed by atoms with E-state index in [9.17, 15) is 9.59 Å². The smallest absolute Gasteiger partial charge is 0.235 e. The Bertz CT molecular complexity index is 645. The van der Waals surface area contributed by atoms with E-state index in [2.05, 4.69) is 6.58 Å². The molecule has 0 aromatic heterocycles. The van der Waals surface area contributed by atoms with Crippen LogP contribution in [0.15, 0.2) is 55.1 Å². The molecule has 2 aromatic rings. The third kappa shape index (κ3) is 2.60. The second kappa shape index (κ2) is 5.31. The van der Waals surface area contributed by atoms with Gasteiger partial charge in [0.25, 0.3) is 0 Å². The third-order valence-electron chi connectivity index (χ3n) is 2.80. The summed E-state index contributed by atoms with van der Waals surface area (Å²) in [5.74, 6) is -1.15. The zero-order valence-electron chi connectivity index (χ0n) is 10.3. The molecule has 0 aliphatic rings. The van der Waals surface area contributed by atoms with Crippen LogP contribution in [-0.2, 0) is 0 Å². The lowest BCUT2D eigenvalue weighted by Gasteiger charge is -2.05. The molecule has 0 unspecified atom stereocenters. The maximum Gasteiger partial charge on any atom is 0.235 e. The number of ketones is 2. The average molecular weight is 251 g/mol. The minimum atomic E-state index is -0.598. The minimum Gasteiger partial charge on any atom is -0.398 e. The number of carbonyl (C=O) groups excluding carboxylic acids is 2. The van der Waals surface area contributed by atoms with Crippen molar-refractivity contribution >= 4 is 23.3 Å². The van der Waals surface area contributed by atoms with Crippen molar-refractivity contribution in [3.8, 4) is 0 Å². The molecule has 0 spiro atoms. The van der Waals surface area contributed by atoms with Crippen LogP contribution >= 0.6 is 0 Å². The van der Waals surface area contributed by atoms with E-state index in [1.54, 1.807) is 54.6 Å². The highest BCUT2D eigenvalue weighted by atomic mass is 16.2. The van der Waals surface area contributed by atoms with Gasteiger partial charge in [-0.05, 0) is 17.7 Å². The van der Waals surface area contributed by atoms with Gasteiger partial charge in [0.1, 0.15) is 0 Å². The van der Waals surface area contributed by atoms with Gasteiger partial charge in [-0.3, -0.25) is 9.59 Å². The predicted octanol–water partition coefficient (Wildman–Crippen LogP) is 2.98. The molecule has 0 fully saturated rings. The molecule has 2 aromatic carbocycles. The van der Waals surface area contributed by atoms with Crippen molar-refractivity contribution in [2.45, 2.75) is 0 Å². The number of Topliss-reactive ketones (excluding diaryl/α,β-unsaturated/α-hetero) is 2. The first kappa shape index (κ1) is 12.8. The number of hydrogen-bond acceptors (Lipinski definition) is 3. The van der Waals surface area contributed by atoms with E-state index in [0.717, 1.165) is 5.56 Å². The van der Waals surface area contributed by atoms with Gasteiger partial charge in [0.15, 0.2) is 0 Å². The molecule has 0 heterocycles. The monoisotopic (exact) mass is 251 g/mol. The Labute approximate surface area is 111 Å². The van der Waals surface area contributed by atoms with Crippen molar-refractivity contribution < 1.29 is 9.59 Å². The molecule has 3 nitrogen and oxygen atoms in total. The Morgan fingerprint density at radius 1 is 1.00 bits per heavy atom. The summed E-state index contributed by atoms with van der Waals surface area (Å²) in [5, 5.41) is 0. The summed E-state index contributed by atoms with van der Waals surface area (Å²) in [6.07, 6.45) is 1.63. The average Bonchev–Trinajstić information content (AvgIpc) is 2.46. The molecule has 0 saturated heterocycles. The van der Waals surface area contributed by atoms with Crippen LogP contribution in [-0.4, -0.2) is 11.6 Å². The highest BCUT2D eigenvalue weighted by Crippen LogP contribution is 2.17. The molecule has 0 amide bonds. The molecule has 0 aliphatic heterocycles. The molecule has 2 N–H and O–H groups in total. The van der Waals surface area contributed by atoms with E-state index in [1.807, 2.05) is 0 Å². The van der Waals surface area contributed by atoms with Crippen molar-refractivity contribution in [2.24, 2.45) is 0 Å². The van der Waals surface area contributed by atoms with Crippen LogP contribution in [0.3, 0.4) is 0 Å². The second-order valence-electron chi connectivity index (χ2n) is 4.08. The first-order chi connectivity index (χ1) is 9.13. The maximum absolute atomic E-state index is 12.1. The number of anilines is 1. The number of hydrogen-bond donors (Lipinski definition) is 1. The van der Waals surface area contributed by atoms with E-state index in [4.69, 9.17) is 5.73 Å². The maximum atomic E-state index is 12.1. The topological polar surface area (TPSA) is 60.2 Å². The van der Waals surface area contributed by atoms with Crippen LogP contribution in [0.5, 0.6) is 0 Å². The Balaban J connectivity index is 2.35. The number of carbonyl (C=O) groups is 2. The van der Waals surface area contributed by atoms with Gasteiger partial charge < -0.3 is 5.73 Å². The Morgan fingerprint density at radius 2 is 1.68 bits per heavy atom. The van der Waals surface area contributed by atoms with Crippen LogP contribution in [0, 0.1) is 0 Å². The van der Waals surface area contributed by atoms with Crippen molar-refractivity contribution in [3.05, 3.63) is 71.8 Å². The van der Waals surface area contributed by atoms with E-state index < -0.39 is 11.6 Å². The van der Waals surface area contributed by atoms with Crippen LogP contribution in [0.1, 0.15) is 26.3 Å². The quantitative estimate of drug-likeness (QED) is 0.516. The second-order valence-corrected chi connectivity index (χ2v) is 4.08. The first-order valence-corrected chi connectivity index (χ1v) is 5.79. The summed E-state index contributed by atoms with van der Waals surface area (Å²) in [5.41, 5.74) is 7.47. The van der Waals surface area contributed by atoms with E-state index in [0.29, 0.717) is 5.56 Å². The number of rotatable bonds is 4. The summed E-state index contributed by atoms with van der Waals surface area (Å²) in [6.45, 7) is 3.62. The lowest BCUT2D eigenvalue weighted by molar-refractivity contribution is 0.0817. The summed E-state index contributed by atoms with van der Waals surface area (Å²) >= 11 is 0. The van der Waals surface area contributed by atoms with Crippen molar-refractivity contribution in [1.29, 1.82) is 0 Å². The van der Waals surface area contributed by atoms with Gasteiger partial charge in [0.05, 0.1) is 0 Å². The molecule has 94 valence electrons. The zero-order valence-corrected chi connectivity index (χ0v) is 10.3. The van der Waals surface area contributed by atoms with E-state index in [-0.39, 0.29) is 11.3 Å². The van der Waals surface area contributed by atoms with Gasteiger partial charge in [-0.15, -0.1) is 0 Å². The molecular weight excluding hydrogens is 238 g/mol. The highest BCUT2D eigenvalue weighted by Gasteiger charge is 2.20. The van der Waals surface area contributed by atoms with Crippen LogP contribution in [0.4, 0.5) is 5.69 Å². The van der Waals surface area contributed by atoms with E-state index >= 15 is 0 Å². The lowest BCUT2D eigenvalue weighted by atomic mass is 9.99. The van der Waals surface area contributed by atoms with Crippen LogP contribution in [0.25, 0.3) is 6.08 Å². The summed E-state index contributed by atoms with van der Waals surface area (Å²) < 4.78 is 0. The van der Waals surface area contributed by atoms with Crippen LogP contribution in [0.2, 0.25) is 0 Å². The normalized spacial score (nSPS) is 9.89. The molecule has 0 radical (unpaired) electrons. The minimum absolute atomic E-state index is 0.222. The van der Waals surface area contributed by atoms with Gasteiger partial charge >= 0.3 is 0 Å². The van der Waals surface area contributed by atoms with E-state index in [1.165, 1.54) is 0 Å². The molecule has 3 heteroatoms.